The molecule has 35 heavy (non-hydrogen) atoms. The zero-order valence-corrected chi connectivity index (χ0v) is 19.5. The number of hydrogen-bond acceptors (Lipinski definition) is 2. The van der Waals surface area contributed by atoms with Gasteiger partial charge in [0.1, 0.15) is 11.6 Å². The molecule has 0 spiro atoms. The minimum absolute atomic E-state index is 0.167. The number of carbonyl (C=O) groups excluding carboxylic acids is 1. The molecule has 0 aliphatic heterocycles. The minimum Gasteiger partial charge on any atom is -0.342 e. The Morgan fingerprint density at radius 3 is 2.46 bits per heavy atom. The smallest absolute Gasteiger partial charge is 0.251 e. The molecule has 1 heterocycles. The molecule has 0 fully saturated rings. The molecule has 1 atom stereocenters. The highest BCUT2D eigenvalue weighted by atomic mass is 19.1. The molecule has 1 aromatic heterocycles. The van der Waals surface area contributed by atoms with Crippen LogP contribution >= 0.6 is 0 Å². The topological polar surface area (TPSA) is 46.9 Å². The number of carbonyl (C=O) groups is 1. The van der Waals surface area contributed by atoms with E-state index < -0.39 is 6.04 Å². The highest BCUT2D eigenvalue weighted by Gasteiger charge is 2.24. The van der Waals surface area contributed by atoms with Crippen LogP contribution in [0, 0.1) is 12.7 Å². The van der Waals surface area contributed by atoms with Crippen LogP contribution in [0.1, 0.15) is 38.9 Å². The zero-order chi connectivity index (χ0) is 24.2. The summed E-state index contributed by atoms with van der Waals surface area (Å²) in [6.07, 6.45) is 0.555. The number of hydrogen-bond donors (Lipinski definition) is 1. The Labute approximate surface area is 204 Å². The van der Waals surface area contributed by atoms with Crippen LogP contribution in [0.5, 0.6) is 0 Å². The lowest BCUT2D eigenvalue weighted by Crippen LogP contribution is -2.32. The van der Waals surface area contributed by atoms with Crippen LogP contribution < -0.4 is 5.32 Å². The molecule has 0 saturated heterocycles. The molecule has 0 saturated carbocycles. The van der Waals surface area contributed by atoms with Crippen LogP contribution in [0.4, 0.5) is 4.39 Å². The first-order chi connectivity index (χ1) is 17.1. The molecule has 0 unspecified atom stereocenters. The molecule has 1 amide bonds. The number of benzene rings is 4. The van der Waals surface area contributed by atoms with E-state index in [2.05, 4.69) is 5.32 Å². The Hall–Kier alpha value is -4.25. The maximum atomic E-state index is 14.6. The standard InChI is InChI=1S/C30H26FN3O/c1-21-10-9-14-23(18-21)30(35)33-27(19-22-11-3-2-4-12-22)29-32-26-16-7-8-17-28(26)34(29)20-24-13-5-6-15-25(24)31/h2-18,27H,19-20H2,1H3,(H,33,35)/t27-/m0/s1. The molecule has 0 radical (unpaired) electrons. The lowest BCUT2D eigenvalue weighted by Gasteiger charge is -2.21. The fourth-order valence-electron chi connectivity index (χ4n) is 4.41. The third-order valence-electron chi connectivity index (χ3n) is 6.15. The van der Waals surface area contributed by atoms with E-state index in [1.54, 1.807) is 12.1 Å². The van der Waals surface area contributed by atoms with Crippen molar-refractivity contribution in [1.82, 2.24) is 14.9 Å². The van der Waals surface area contributed by atoms with Crippen LogP contribution in [-0.4, -0.2) is 15.5 Å². The van der Waals surface area contributed by atoms with Gasteiger partial charge in [-0.15, -0.1) is 0 Å². The molecule has 1 N–H and O–H groups in total. The summed E-state index contributed by atoms with van der Waals surface area (Å²) in [6, 6.07) is 31.7. The van der Waals surface area contributed by atoms with Gasteiger partial charge in [0.05, 0.1) is 23.6 Å². The van der Waals surface area contributed by atoms with Crippen molar-refractivity contribution in [2.45, 2.75) is 25.9 Å². The van der Waals surface area contributed by atoms with Gasteiger partial charge >= 0.3 is 0 Å². The van der Waals surface area contributed by atoms with E-state index in [4.69, 9.17) is 4.98 Å². The highest BCUT2D eigenvalue weighted by Crippen LogP contribution is 2.26. The van der Waals surface area contributed by atoms with E-state index in [0.29, 0.717) is 29.9 Å². The molecule has 174 valence electrons. The summed E-state index contributed by atoms with van der Waals surface area (Å²) in [7, 11) is 0. The fourth-order valence-corrected chi connectivity index (χ4v) is 4.41. The van der Waals surface area contributed by atoms with Crippen molar-refractivity contribution in [2.24, 2.45) is 0 Å². The van der Waals surface area contributed by atoms with Gasteiger partial charge in [-0.2, -0.15) is 0 Å². The first-order valence-electron chi connectivity index (χ1n) is 11.7. The molecule has 0 aliphatic carbocycles. The van der Waals surface area contributed by atoms with Gasteiger partial charge in [0.2, 0.25) is 0 Å². The second-order valence-corrected chi connectivity index (χ2v) is 8.72. The first kappa shape index (κ1) is 22.5. The number of imidazole rings is 1. The van der Waals surface area contributed by atoms with Gasteiger partial charge in [0, 0.05) is 11.1 Å². The van der Waals surface area contributed by atoms with Crippen molar-refractivity contribution < 1.29 is 9.18 Å². The Kier molecular flexibility index (Phi) is 6.40. The van der Waals surface area contributed by atoms with E-state index in [0.717, 1.165) is 22.2 Å². The van der Waals surface area contributed by atoms with Crippen LogP contribution in [-0.2, 0) is 13.0 Å². The number of amides is 1. The molecule has 0 bridgehead atoms. The molecule has 5 rings (SSSR count). The van der Waals surface area contributed by atoms with Crippen LogP contribution in [0.15, 0.2) is 103 Å². The van der Waals surface area contributed by atoms with Crippen molar-refractivity contribution in [1.29, 1.82) is 0 Å². The minimum atomic E-state index is -0.412. The van der Waals surface area contributed by atoms with Crippen molar-refractivity contribution in [3.8, 4) is 0 Å². The maximum absolute atomic E-state index is 14.6. The average molecular weight is 464 g/mol. The predicted octanol–water partition coefficient (Wildman–Crippen LogP) is 6.25. The Bertz CT molecular complexity index is 1480. The van der Waals surface area contributed by atoms with Crippen molar-refractivity contribution in [3.05, 3.63) is 137 Å². The summed E-state index contributed by atoms with van der Waals surface area (Å²) in [5, 5.41) is 3.21. The third kappa shape index (κ3) is 4.99. The largest absolute Gasteiger partial charge is 0.342 e. The van der Waals surface area contributed by atoms with E-state index in [-0.39, 0.29) is 11.7 Å². The van der Waals surface area contributed by atoms with E-state index in [1.807, 2.05) is 96.4 Å². The highest BCUT2D eigenvalue weighted by molar-refractivity contribution is 5.94. The van der Waals surface area contributed by atoms with Gasteiger partial charge in [0.25, 0.3) is 5.91 Å². The van der Waals surface area contributed by atoms with Gasteiger partial charge in [-0.1, -0.05) is 78.4 Å². The summed E-state index contributed by atoms with van der Waals surface area (Å²) in [5.74, 6) is 0.262. The summed E-state index contributed by atoms with van der Waals surface area (Å²) in [6.45, 7) is 2.28. The molecule has 5 aromatic rings. The average Bonchev–Trinajstić information content (AvgIpc) is 3.24. The third-order valence-corrected chi connectivity index (χ3v) is 6.15. The predicted molar refractivity (Wildman–Crippen MR) is 137 cm³/mol. The van der Waals surface area contributed by atoms with Crippen molar-refractivity contribution >= 4 is 16.9 Å². The van der Waals surface area contributed by atoms with Gasteiger partial charge in [-0.25, -0.2) is 9.37 Å². The fraction of sp³-hybridized carbons (Fsp3) is 0.133. The number of nitrogens with one attached hydrogen (secondary N) is 1. The lowest BCUT2D eigenvalue weighted by atomic mass is 10.0. The number of aryl methyl sites for hydroxylation is 1. The number of aromatic nitrogens is 2. The number of halogens is 1. The quantitative estimate of drug-likeness (QED) is 0.310. The van der Waals surface area contributed by atoms with Crippen LogP contribution in [0.3, 0.4) is 0 Å². The van der Waals surface area contributed by atoms with Gasteiger partial charge in [-0.05, 0) is 49.2 Å². The molecular formula is C30H26FN3O. The Balaban J connectivity index is 1.59. The van der Waals surface area contributed by atoms with E-state index >= 15 is 0 Å². The molecule has 0 aliphatic rings. The van der Waals surface area contributed by atoms with Gasteiger partial charge < -0.3 is 9.88 Å². The zero-order valence-electron chi connectivity index (χ0n) is 19.5. The Morgan fingerprint density at radius 2 is 1.66 bits per heavy atom. The molecular weight excluding hydrogens is 437 g/mol. The second-order valence-electron chi connectivity index (χ2n) is 8.72. The second kappa shape index (κ2) is 9.94. The lowest BCUT2D eigenvalue weighted by molar-refractivity contribution is 0.0934. The SMILES string of the molecule is Cc1cccc(C(=O)N[C@@H](Cc2ccccc2)c2nc3ccccc3n2Cc2ccccc2F)c1. The number of fused-ring (bicyclic) bond motifs is 1. The van der Waals surface area contributed by atoms with E-state index in [9.17, 15) is 9.18 Å². The van der Waals surface area contributed by atoms with Gasteiger partial charge in [0.15, 0.2) is 0 Å². The normalized spacial score (nSPS) is 11.9. The monoisotopic (exact) mass is 463 g/mol. The Morgan fingerprint density at radius 1 is 0.914 bits per heavy atom. The van der Waals surface area contributed by atoms with Crippen molar-refractivity contribution in [3.63, 3.8) is 0 Å². The van der Waals surface area contributed by atoms with Gasteiger partial charge in [-0.3, -0.25) is 4.79 Å². The summed E-state index contributed by atoms with van der Waals surface area (Å²) in [4.78, 5) is 18.2. The van der Waals surface area contributed by atoms with Crippen molar-refractivity contribution in [2.75, 3.05) is 0 Å². The molecule has 5 heteroatoms. The summed E-state index contributed by atoms with van der Waals surface area (Å²) in [5.41, 5.74) is 4.96. The number of rotatable bonds is 7. The van der Waals surface area contributed by atoms with E-state index in [1.165, 1.54) is 6.07 Å². The summed E-state index contributed by atoms with van der Waals surface area (Å²) >= 11 is 0. The number of para-hydroxylation sites is 2. The number of nitrogens with zero attached hydrogens (tertiary/aromatic N) is 2. The summed E-state index contributed by atoms with van der Waals surface area (Å²) < 4.78 is 16.6. The first-order valence-corrected chi connectivity index (χ1v) is 11.7. The van der Waals surface area contributed by atoms with Crippen LogP contribution in [0.2, 0.25) is 0 Å². The van der Waals surface area contributed by atoms with Crippen LogP contribution in [0.25, 0.3) is 11.0 Å². The molecule has 4 nitrogen and oxygen atoms in total. The molecule has 4 aromatic carbocycles. The maximum Gasteiger partial charge on any atom is 0.251 e.